The van der Waals surface area contributed by atoms with E-state index in [2.05, 4.69) is 0 Å². The molecular formula is H9AlMgOSn. The predicted molar refractivity (Wildman–Crippen MR) is 30.6 cm³/mol. The molecule has 4 heteroatoms. The summed E-state index contributed by atoms with van der Waals surface area (Å²) >= 11 is 0. The van der Waals surface area contributed by atoms with Crippen molar-refractivity contribution in [1.29, 1.82) is 0 Å². The Morgan fingerprint density at radius 3 is 1.00 bits per heavy atom. The van der Waals surface area contributed by atoms with Crippen molar-refractivity contribution < 1.29 is 5.48 Å². The van der Waals surface area contributed by atoms with Crippen LogP contribution < -0.4 is 0 Å². The van der Waals surface area contributed by atoms with E-state index in [1.165, 1.54) is 0 Å². The van der Waals surface area contributed by atoms with Crippen molar-refractivity contribution in [3.63, 3.8) is 0 Å². The number of rotatable bonds is 0. The quantitative estimate of drug-likeness (QED) is 0.354. The van der Waals surface area contributed by atoms with E-state index in [4.69, 9.17) is 0 Å². The predicted octanol–water partition coefficient (Wildman–Crippen LogP) is -3.84. The standard InChI is InChI=1S/Al.Mg.H2O.Sn.7H/h;;1H2;;;;;;;;. The molecule has 0 atom stereocenters. The first-order chi connectivity index (χ1) is 0. The van der Waals surface area contributed by atoms with E-state index in [9.17, 15) is 0 Å². The van der Waals surface area contributed by atoms with E-state index >= 15 is 0 Å². The third-order valence-corrected chi connectivity index (χ3v) is 0. The van der Waals surface area contributed by atoms with E-state index < -0.39 is 0 Å². The van der Waals surface area contributed by atoms with Crippen molar-refractivity contribution in [2.24, 2.45) is 0 Å². The second kappa shape index (κ2) is 19.7. The summed E-state index contributed by atoms with van der Waals surface area (Å²) in [6.45, 7) is 0. The van der Waals surface area contributed by atoms with E-state index in [-0.39, 0.29) is 69.8 Å². The molecule has 0 bridgehead atoms. The van der Waals surface area contributed by atoms with E-state index in [1.807, 2.05) is 0 Å². The molecule has 1 nitrogen and oxygen atoms in total. The Hall–Kier alpha value is 2.06. The van der Waals surface area contributed by atoms with Crippen molar-refractivity contribution in [2.45, 2.75) is 0 Å². The van der Waals surface area contributed by atoms with Crippen LogP contribution in [0.5, 0.6) is 0 Å². The van der Waals surface area contributed by atoms with Crippen molar-refractivity contribution in [1.82, 2.24) is 0 Å². The Bertz CT molecular complexity index is 8.00. The molecule has 0 aliphatic carbocycles. The topological polar surface area (TPSA) is 31.5 Å². The van der Waals surface area contributed by atoms with Gasteiger partial charge in [0.1, 0.15) is 0 Å². The Morgan fingerprint density at radius 2 is 1.00 bits per heavy atom. The van der Waals surface area contributed by atoms with Gasteiger partial charge in [0.05, 0.1) is 0 Å². The van der Waals surface area contributed by atoms with Crippen molar-refractivity contribution in [2.75, 3.05) is 0 Å². The molecule has 0 amide bonds. The Labute approximate surface area is 69.1 Å². The van der Waals surface area contributed by atoms with Gasteiger partial charge in [0.25, 0.3) is 0 Å². The van der Waals surface area contributed by atoms with Gasteiger partial charge in [-0.2, -0.15) is 0 Å². The van der Waals surface area contributed by atoms with Crippen LogP contribution in [0.2, 0.25) is 0 Å². The normalized spacial score (nSPS) is 0. The van der Waals surface area contributed by atoms with Crippen LogP contribution in [-0.4, -0.2) is 69.8 Å². The molecule has 0 saturated carbocycles. The van der Waals surface area contributed by atoms with Crippen LogP contribution in [0.15, 0.2) is 0 Å². The molecule has 2 N–H and O–H groups in total. The molecule has 0 heterocycles. The van der Waals surface area contributed by atoms with Crippen LogP contribution in [-0.2, 0) is 0 Å². The van der Waals surface area contributed by atoms with Crippen molar-refractivity contribution in [3.8, 4) is 0 Å². The molecular weight excluding hydrogens is 186 g/mol. The molecule has 0 aromatic carbocycles. The summed E-state index contributed by atoms with van der Waals surface area (Å²) in [5.74, 6) is 0. The van der Waals surface area contributed by atoms with Gasteiger partial charge in [-0.3, -0.25) is 0 Å². The monoisotopic (exact) mass is 196 g/mol. The minimum absolute atomic E-state index is 0. The summed E-state index contributed by atoms with van der Waals surface area (Å²) in [6, 6.07) is 0. The first-order valence-corrected chi connectivity index (χ1v) is 0. The molecule has 0 rings (SSSR count). The number of hydrogen-bond acceptors (Lipinski definition) is 0. The molecule has 0 fully saturated rings. The molecule has 4 heavy (non-hydrogen) atoms. The van der Waals surface area contributed by atoms with Gasteiger partial charge in [0.2, 0.25) is 0 Å². The molecule has 0 saturated heterocycles. The molecule has 0 aliphatic heterocycles. The second-order valence-corrected chi connectivity index (χ2v) is 0. The molecule has 2 radical (unpaired) electrons. The van der Waals surface area contributed by atoms with Crippen LogP contribution in [0.4, 0.5) is 0 Å². The Balaban J connectivity index is 0. The molecule has 0 spiro atoms. The SMILES string of the molecule is O.[AlH3].[MgH2].[SnH2]. The van der Waals surface area contributed by atoms with Gasteiger partial charge in [0.15, 0.2) is 17.4 Å². The van der Waals surface area contributed by atoms with Gasteiger partial charge >= 0.3 is 47.0 Å². The maximum absolute atomic E-state index is 0. The molecule has 0 unspecified atom stereocenters. The zero-order valence-electron chi connectivity index (χ0n) is 1.21. The zero-order valence-corrected chi connectivity index (χ0v) is 5.24. The van der Waals surface area contributed by atoms with Gasteiger partial charge in [0, 0.05) is 0 Å². The summed E-state index contributed by atoms with van der Waals surface area (Å²) in [6.07, 6.45) is 0. The summed E-state index contributed by atoms with van der Waals surface area (Å²) < 4.78 is 0. The fourth-order valence-electron chi connectivity index (χ4n) is 0. The first-order valence-electron chi connectivity index (χ1n) is 0. The first kappa shape index (κ1) is 36.6. The molecule has 0 aliphatic rings. The number of hydrogen-bond donors (Lipinski definition) is 0. The fourth-order valence-corrected chi connectivity index (χ4v) is 0. The Kier molecular flexibility index (Phi) is 180. The maximum atomic E-state index is 0. The van der Waals surface area contributed by atoms with Crippen molar-refractivity contribution in [3.05, 3.63) is 0 Å². The van der Waals surface area contributed by atoms with Gasteiger partial charge in [-0.1, -0.05) is 0 Å². The van der Waals surface area contributed by atoms with E-state index in [1.54, 1.807) is 0 Å². The average molecular weight is 195 g/mol. The molecule has 24 valence electrons. The van der Waals surface area contributed by atoms with Crippen molar-refractivity contribution >= 4 is 64.3 Å². The van der Waals surface area contributed by atoms with Crippen LogP contribution in [0.25, 0.3) is 0 Å². The van der Waals surface area contributed by atoms with Gasteiger partial charge in [-0.15, -0.1) is 0 Å². The van der Waals surface area contributed by atoms with Gasteiger partial charge in [-0.25, -0.2) is 0 Å². The van der Waals surface area contributed by atoms with E-state index in [0.29, 0.717) is 0 Å². The summed E-state index contributed by atoms with van der Waals surface area (Å²) in [7, 11) is 0. The fraction of sp³-hybridized carbons (Fsp3) is 0. The zero-order chi connectivity index (χ0) is 0. The van der Waals surface area contributed by atoms with Gasteiger partial charge < -0.3 is 5.48 Å². The summed E-state index contributed by atoms with van der Waals surface area (Å²) in [4.78, 5) is 0. The minimum atomic E-state index is 0. The third-order valence-electron chi connectivity index (χ3n) is 0. The summed E-state index contributed by atoms with van der Waals surface area (Å²) in [5, 5.41) is 0. The summed E-state index contributed by atoms with van der Waals surface area (Å²) in [5.41, 5.74) is 0. The van der Waals surface area contributed by atoms with Crippen LogP contribution in [0.1, 0.15) is 0 Å². The third kappa shape index (κ3) is 8.96. The molecule has 0 aromatic heterocycles. The van der Waals surface area contributed by atoms with E-state index in [0.717, 1.165) is 0 Å². The average Bonchev–Trinajstić information content (AvgIpc) is 0. The van der Waals surface area contributed by atoms with Crippen LogP contribution in [0.3, 0.4) is 0 Å². The Morgan fingerprint density at radius 1 is 1.00 bits per heavy atom. The van der Waals surface area contributed by atoms with Crippen LogP contribution in [0, 0.1) is 0 Å². The second-order valence-electron chi connectivity index (χ2n) is 0. The molecule has 0 aromatic rings. The van der Waals surface area contributed by atoms with Crippen LogP contribution >= 0.6 is 0 Å². The van der Waals surface area contributed by atoms with Gasteiger partial charge in [-0.05, 0) is 0 Å².